The standard InChI is InChI=1S/C17H16BrNO2/c1-19(2)15-9-7-14(8-10-15)17(21)16(20)13-5-3-12(11-18)4-6-13/h3-10H,11H2,1-2H3. The molecule has 0 bridgehead atoms. The van der Waals surface area contributed by atoms with Crippen molar-refractivity contribution in [1.82, 2.24) is 0 Å². The Balaban J connectivity index is 2.19. The Labute approximate surface area is 132 Å². The first-order valence-electron chi connectivity index (χ1n) is 6.54. The summed E-state index contributed by atoms with van der Waals surface area (Å²) >= 11 is 3.35. The largest absolute Gasteiger partial charge is 0.378 e. The van der Waals surface area contributed by atoms with Gasteiger partial charge in [0.05, 0.1) is 0 Å². The minimum absolute atomic E-state index is 0.412. The van der Waals surface area contributed by atoms with Crippen LogP contribution in [0.4, 0.5) is 5.69 Å². The first-order valence-corrected chi connectivity index (χ1v) is 7.66. The van der Waals surface area contributed by atoms with Gasteiger partial charge in [-0.05, 0) is 29.8 Å². The zero-order chi connectivity index (χ0) is 15.4. The Hall–Kier alpha value is -1.94. The lowest BCUT2D eigenvalue weighted by atomic mass is 10.0. The van der Waals surface area contributed by atoms with Crippen LogP contribution in [0.15, 0.2) is 48.5 Å². The molecule has 0 heterocycles. The molecule has 0 aliphatic heterocycles. The molecule has 0 radical (unpaired) electrons. The molecule has 0 spiro atoms. The number of ketones is 2. The van der Waals surface area contributed by atoms with Gasteiger partial charge in [0.25, 0.3) is 0 Å². The zero-order valence-corrected chi connectivity index (χ0v) is 13.6. The van der Waals surface area contributed by atoms with E-state index in [1.54, 1.807) is 24.3 Å². The topological polar surface area (TPSA) is 37.4 Å². The second kappa shape index (κ2) is 6.68. The number of carbonyl (C=O) groups is 2. The number of anilines is 1. The average molecular weight is 346 g/mol. The number of alkyl halides is 1. The molecule has 0 aliphatic carbocycles. The fraction of sp³-hybridized carbons (Fsp3) is 0.176. The van der Waals surface area contributed by atoms with Gasteiger partial charge in [0.1, 0.15) is 0 Å². The molecule has 0 aromatic heterocycles. The molecular formula is C17H16BrNO2. The lowest BCUT2D eigenvalue weighted by Crippen LogP contribution is -2.15. The number of benzene rings is 2. The second-order valence-corrected chi connectivity index (χ2v) is 5.49. The van der Waals surface area contributed by atoms with Crippen LogP contribution in [0.3, 0.4) is 0 Å². The number of rotatable bonds is 5. The molecule has 21 heavy (non-hydrogen) atoms. The monoisotopic (exact) mass is 345 g/mol. The summed E-state index contributed by atoms with van der Waals surface area (Å²) in [5, 5.41) is 0.724. The molecule has 2 aromatic rings. The van der Waals surface area contributed by atoms with Crippen LogP contribution >= 0.6 is 15.9 Å². The molecule has 2 aromatic carbocycles. The van der Waals surface area contributed by atoms with Crippen molar-refractivity contribution in [2.75, 3.05) is 19.0 Å². The van der Waals surface area contributed by atoms with Crippen LogP contribution in [0, 0.1) is 0 Å². The highest BCUT2D eigenvalue weighted by molar-refractivity contribution is 9.08. The van der Waals surface area contributed by atoms with E-state index in [1.165, 1.54) is 0 Å². The molecule has 3 nitrogen and oxygen atoms in total. The summed E-state index contributed by atoms with van der Waals surface area (Å²) in [6, 6.07) is 14.1. The number of hydrogen-bond acceptors (Lipinski definition) is 3. The molecular weight excluding hydrogens is 330 g/mol. The van der Waals surface area contributed by atoms with Crippen molar-refractivity contribution in [3.05, 3.63) is 65.2 Å². The fourth-order valence-corrected chi connectivity index (χ4v) is 2.29. The molecule has 0 fully saturated rings. The maximum atomic E-state index is 12.2. The maximum absolute atomic E-state index is 12.2. The molecule has 108 valence electrons. The van der Waals surface area contributed by atoms with Crippen LogP contribution in [0.1, 0.15) is 26.3 Å². The van der Waals surface area contributed by atoms with E-state index in [9.17, 15) is 9.59 Å². The van der Waals surface area contributed by atoms with Crippen molar-refractivity contribution in [3.63, 3.8) is 0 Å². The first kappa shape index (κ1) is 15.4. The van der Waals surface area contributed by atoms with Crippen LogP contribution in [-0.4, -0.2) is 25.7 Å². The van der Waals surface area contributed by atoms with Gasteiger partial charge in [-0.15, -0.1) is 0 Å². The molecule has 0 atom stereocenters. The highest BCUT2D eigenvalue weighted by atomic mass is 79.9. The van der Waals surface area contributed by atoms with Crippen LogP contribution in [0.5, 0.6) is 0 Å². The van der Waals surface area contributed by atoms with Gasteiger partial charge in [0.15, 0.2) is 0 Å². The summed E-state index contributed by atoms with van der Waals surface area (Å²) < 4.78 is 0. The summed E-state index contributed by atoms with van der Waals surface area (Å²) in [6.45, 7) is 0. The number of Topliss-reactive ketones (excluding diaryl/α,β-unsaturated/α-hetero) is 2. The van der Waals surface area contributed by atoms with Gasteiger partial charge in [-0.3, -0.25) is 9.59 Å². The normalized spacial score (nSPS) is 10.2. The lowest BCUT2D eigenvalue weighted by molar-refractivity contribution is 0.0817. The van der Waals surface area contributed by atoms with E-state index in [0.717, 1.165) is 16.6 Å². The van der Waals surface area contributed by atoms with E-state index < -0.39 is 11.6 Å². The molecule has 0 saturated heterocycles. The van der Waals surface area contributed by atoms with Crippen molar-refractivity contribution in [2.24, 2.45) is 0 Å². The van der Waals surface area contributed by atoms with Crippen LogP contribution < -0.4 is 4.90 Å². The third kappa shape index (κ3) is 3.58. The highest BCUT2D eigenvalue weighted by Crippen LogP contribution is 2.15. The smallest absolute Gasteiger partial charge is 0.233 e. The van der Waals surface area contributed by atoms with Crippen molar-refractivity contribution < 1.29 is 9.59 Å². The molecule has 0 saturated carbocycles. The zero-order valence-electron chi connectivity index (χ0n) is 12.0. The van der Waals surface area contributed by atoms with Gasteiger partial charge in [-0.1, -0.05) is 40.2 Å². The first-order chi connectivity index (χ1) is 10.0. The molecule has 4 heteroatoms. The second-order valence-electron chi connectivity index (χ2n) is 4.93. The van der Waals surface area contributed by atoms with Gasteiger partial charge in [-0.25, -0.2) is 0 Å². The van der Waals surface area contributed by atoms with Crippen molar-refractivity contribution in [2.45, 2.75) is 5.33 Å². The van der Waals surface area contributed by atoms with E-state index in [2.05, 4.69) is 15.9 Å². The Morgan fingerprint density at radius 3 is 1.67 bits per heavy atom. The third-order valence-electron chi connectivity index (χ3n) is 3.22. The summed E-state index contributed by atoms with van der Waals surface area (Å²) in [5.74, 6) is -0.958. The molecule has 2 rings (SSSR count). The van der Waals surface area contributed by atoms with Crippen molar-refractivity contribution >= 4 is 33.2 Å². The van der Waals surface area contributed by atoms with E-state index >= 15 is 0 Å². The van der Waals surface area contributed by atoms with E-state index in [4.69, 9.17) is 0 Å². The minimum Gasteiger partial charge on any atom is -0.378 e. The quantitative estimate of drug-likeness (QED) is 0.471. The fourth-order valence-electron chi connectivity index (χ4n) is 1.92. The Morgan fingerprint density at radius 1 is 0.857 bits per heavy atom. The minimum atomic E-state index is -0.480. The van der Waals surface area contributed by atoms with E-state index in [1.807, 2.05) is 43.3 Å². The molecule has 0 amide bonds. The van der Waals surface area contributed by atoms with Gasteiger partial charge in [0.2, 0.25) is 11.6 Å². The predicted molar refractivity (Wildman–Crippen MR) is 88.5 cm³/mol. The Bertz CT molecular complexity index is 645. The lowest BCUT2D eigenvalue weighted by Gasteiger charge is -2.12. The van der Waals surface area contributed by atoms with Gasteiger partial charge < -0.3 is 4.90 Å². The van der Waals surface area contributed by atoms with Gasteiger partial charge in [-0.2, -0.15) is 0 Å². The average Bonchev–Trinajstić information content (AvgIpc) is 2.53. The summed E-state index contributed by atoms with van der Waals surface area (Å²) in [6.07, 6.45) is 0. The Kier molecular flexibility index (Phi) is 4.91. The SMILES string of the molecule is CN(C)c1ccc(C(=O)C(=O)c2ccc(CBr)cc2)cc1. The summed E-state index contributed by atoms with van der Waals surface area (Å²) in [7, 11) is 3.85. The van der Waals surface area contributed by atoms with Crippen molar-refractivity contribution in [1.29, 1.82) is 0 Å². The van der Waals surface area contributed by atoms with Crippen LogP contribution in [-0.2, 0) is 5.33 Å². The molecule has 0 unspecified atom stereocenters. The number of halogens is 1. The number of nitrogens with zero attached hydrogens (tertiary/aromatic N) is 1. The maximum Gasteiger partial charge on any atom is 0.233 e. The third-order valence-corrected chi connectivity index (χ3v) is 3.87. The van der Waals surface area contributed by atoms with Crippen molar-refractivity contribution in [3.8, 4) is 0 Å². The van der Waals surface area contributed by atoms with Gasteiger partial charge >= 0.3 is 0 Å². The van der Waals surface area contributed by atoms with E-state index in [-0.39, 0.29) is 0 Å². The van der Waals surface area contributed by atoms with Crippen LogP contribution in [0.25, 0.3) is 0 Å². The molecule has 0 N–H and O–H groups in total. The van der Waals surface area contributed by atoms with Crippen LogP contribution in [0.2, 0.25) is 0 Å². The summed E-state index contributed by atoms with van der Waals surface area (Å²) in [5.41, 5.74) is 2.88. The highest BCUT2D eigenvalue weighted by Gasteiger charge is 2.18. The number of carbonyl (C=O) groups excluding carboxylic acids is 2. The summed E-state index contributed by atoms with van der Waals surface area (Å²) in [4.78, 5) is 26.3. The Morgan fingerprint density at radius 2 is 1.29 bits per heavy atom. The predicted octanol–water partition coefficient (Wildman–Crippen LogP) is 3.71. The van der Waals surface area contributed by atoms with Gasteiger partial charge in [0, 0.05) is 36.2 Å². The number of hydrogen-bond donors (Lipinski definition) is 0. The molecule has 0 aliphatic rings. The van der Waals surface area contributed by atoms with E-state index in [0.29, 0.717) is 11.1 Å².